The van der Waals surface area contributed by atoms with Crippen molar-refractivity contribution in [1.82, 2.24) is 34.1 Å². The molecule has 4 aromatic heterocycles. The largest absolute Gasteiger partial charge is 0.482 e. The number of carbonyl (C=O) groups excluding carboxylic acids is 2. The number of amides is 3. The highest BCUT2D eigenvalue weighted by atomic mass is 19.3. The van der Waals surface area contributed by atoms with Crippen molar-refractivity contribution < 1.29 is 23.1 Å². The number of aryl methyl sites for hydroxylation is 1. The second-order valence-electron chi connectivity index (χ2n) is 13.8. The Morgan fingerprint density at radius 2 is 1.89 bits per heavy atom. The van der Waals surface area contributed by atoms with Gasteiger partial charge in [0.15, 0.2) is 5.88 Å². The number of nitrogens with two attached hydrogens (primary N) is 1. The van der Waals surface area contributed by atoms with Gasteiger partial charge in [0.05, 0.1) is 36.2 Å². The molecule has 11 nitrogen and oxygen atoms in total. The smallest absolute Gasteiger partial charge is 0.317 e. The molecule has 4 aliphatic rings. The summed E-state index contributed by atoms with van der Waals surface area (Å²) in [7, 11) is 1.60. The number of hydrogen-bond donors (Lipinski definition) is 2. The molecule has 248 valence electrons. The average Bonchev–Trinajstić information content (AvgIpc) is 3.34. The van der Waals surface area contributed by atoms with Gasteiger partial charge in [-0.15, -0.1) is 0 Å². The van der Waals surface area contributed by atoms with Crippen LogP contribution in [0, 0.1) is 18.8 Å². The van der Waals surface area contributed by atoms with Crippen LogP contribution in [0.25, 0.3) is 28.1 Å². The Bertz CT molecular complexity index is 1900. The van der Waals surface area contributed by atoms with E-state index in [9.17, 15) is 18.4 Å². The van der Waals surface area contributed by atoms with E-state index >= 15 is 0 Å². The van der Waals surface area contributed by atoms with Crippen LogP contribution in [0.1, 0.15) is 66.8 Å². The monoisotopic (exact) mass is 646 g/mol. The molecule has 0 spiro atoms. The number of imidazole rings is 1. The quantitative estimate of drug-likeness (QED) is 0.285. The molecule has 3 N–H and O–H groups in total. The van der Waals surface area contributed by atoms with Crippen LogP contribution in [0.3, 0.4) is 0 Å². The van der Waals surface area contributed by atoms with Crippen molar-refractivity contribution >= 4 is 28.6 Å². The van der Waals surface area contributed by atoms with E-state index in [0.717, 1.165) is 66.8 Å². The number of nitrogens with zero attached hydrogens (tertiary/aromatic N) is 6. The molecule has 13 heteroatoms. The van der Waals surface area contributed by atoms with Crippen molar-refractivity contribution in [2.45, 2.75) is 83.1 Å². The number of halogens is 2. The molecule has 2 bridgehead atoms. The van der Waals surface area contributed by atoms with E-state index < -0.39 is 18.4 Å². The van der Waals surface area contributed by atoms with Gasteiger partial charge in [0, 0.05) is 54.8 Å². The molecule has 3 aliphatic heterocycles. The highest BCUT2D eigenvalue weighted by Gasteiger charge is 2.47. The molecule has 3 amide bonds. The van der Waals surface area contributed by atoms with Gasteiger partial charge in [-0.3, -0.25) is 9.20 Å². The highest BCUT2D eigenvalue weighted by molar-refractivity contribution is 5.97. The summed E-state index contributed by atoms with van der Waals surface area (Å²) in [4.78, 5) is 40.0. The number of nitrogens with one attached hydrogen (secondary N) is 1. The van der Waals surface area contributed by atoms with Gasteiger partial charge in [0.25, 0.3) is 5.91 Å². The van der Waals surface area contributed by atoms with E-state index in [2.05, 4.69) is 16.0 Å². The van der Waals surface area contributed by atoms with Crippen LogP contribution in [0.4, 0.5) is 13.6 Å². The summed E-state index contributed by atoms with van der Waals surface area (Å²) in [6, 6.07) is 9.14. The SMILES string of the molecule is COc1cc(C(=O)N2[C@H]3CC[C@@H]2[C@H](N)C3)cc2nc(-c3cc4ccc([C@@H](C)NC(=O)N5CC(C(F)F)C5)nc4n3CC3CC3)c(C)n12. The first kappa shape index (κ1) is 30.1. The molecule has 7 heterocycles. The number of alkyl halides is 2. The van der Waals surface area contributed by atoms with Gasteiger partial charge in [-0.1, -0.05) is 0 Å². The topological polar surface area (TPSA) is 123 Å². The summed E-state index contributed by atoms with van der Waals surface area (Å²) in [6.07, 6.45) is 2.65. The van der Waals surface area contributed by atoms with Crippen LogP contribution in [0.5, 0.6) is 5.88 Å². The lowest BCUT2D eigenvalue weighted by molar-refractivity contribution is -0.00508. The van der Waals surface area contributed by atoms with Crippen LogP contribution in [0.2, 0.25) is 0 Å². The molecule has 4 atom stereocenters. The number of rotatable bonds is 8. The van der Waals surface area contributed by atoms with E-state index in [1.165, 1.54) is 4.90 Å². The van der Waals surface area contributed by atoms with E-state index in [4.69, 9.17) is 20.4 Å². The van der Waals surface area contributed by atoms with Crippen LogP contribution in [0.15, 0.2) is 30.3 Å². The van der Waals surface area contributed by atoms with Gasteiger partial charge in [0.1, 0.15) is 17.0 Å². The van der Waals surface area contributed by atoms with Crippen LogP contribution in [-0.4, -0.2) is 85.4 Å². The summed E-state index contributed by atoms with van der Waals surface area (Å²) >= 11 is 0. The Hall–Kier alpha value is -4.26. The molecule has 1 aliphatic carbocycles. The van der Waals surface area contributed by atoms with Crippen LogP contribution < -0.4 is 15.8 Å². The normalized spacial score (nSPS) is 23.3. The minimum Gasteiger partial charge on any atom is -0.482 e. The van der Waals surface area contributed by atoms with Gasteiger partial charge in [-0.05, 0) is 76.1 Å². The third-order valence-electron chi connectivity index (χ3n) is 10.7. The Labute approximate surface area is 271 Å². The van der Waals surface area contributed by atoms with Gasteiger partial charge < -0.3 is 30.2 Å². The fraction of sp³-hybridized carbons (Fsp3) is 0.529. The van der Waals surface area contributed by atoms with Gasteiger partial charge >= 0.3 is 6.03 Å². The highest BCUT2D eigenvalue weighted by Crippen LogP contribution is 2.40. The Morgan fingerprint density at radius 3 is 2.55 bits per heavy atom. The third kappa shape index (κ3) is 5.01. The first-order valence-electron chi connectivity index (χ1n) is 16.6. The molecule has 0 aromatic carbocycles. The van der Waals surface area contributed by atoms with Crippen molar-refractivity contribution in [1.29, 1.82) is 0 Å². The van der Waals surface area contributed by atoms with E-state index in [0.29, 0.717) is 28.7 Å². The summed E-state index contributed by atoms with van der Waals surface area (Å²) < 4.78 is 35.8. The van der Waals surface area contributed by atoms with Crippen molar-refractivity contribution in [2.24, 2.45) is 17.6 Å². The number of methoxy groups -OCH3 is 1. The maximum atomic E-state index is 13.8. The molecule has 4 fully saturated rings. The van der Waals surface area contributed by atoms with Crippen LogP contribution >= 0.6 is 0 Å². The predicted octanol–water partition coefficient (Wildman–Crippen LogP) is 4.75. The fourth-order valence-electron chi connectivity index (χ4n) is 7.80. The minimum absolute atomic E-state index is 0.0200. The molecule has 3 saturated heterocycles. The minimum atomic E-state index is -2.42. The zero-order chi connectivity index (χ0) is 32.7. The number of pyridine rings is 2. The fourth-order valence-corrected chi connectivity index (χ4v) is 7.80. The van der Waals surface area contributed by atoms with Crippen molar-refractivity contribution in [3.8, 4) is 17.3 Å². The molecular formula is C34H40F2N8O3. The zero-order valence-electron chi connectivity index (χ0n) is 26.8. The summed E-state index contributed by atoms with van der Waals surface area (Å²) in [5.74, 6) is 0.287. The molecule has 47 heavy (non-hydrogen) atoms. The average molecular weight is 647 g/mol. The molecule has 0 unspecified atom stereocenters. The summed E-state index contributed by atoms with van der Waals surface area (Å²) in [5.41, 5.74) is 11.6. The first-order chi connectivity index (χ1) is 22.6. The zero-order valence-corrected chi connectivity index (χ0v) is 26.8. The molecule has 8 rings (SSSR count). The maximum Gasteiger partial charge on any atom is 0.317 e. The number of likely N-dealkylation sites (tertiary alicyclic amines) is 1. The van der Waals surface area contributed by atoms with Crippen molar-refractivity contribution in [2.75, 3.05) is 20.2 Å². The Kier molecular flexibility index (Phi) is 7.16. The second-order valence-corrected chi connectivity index (χ2v) is 13.8. The van der Waals surface area contributed by atoms with Crippen molar-refractivity contribution in [3.05, 3.63) is 47.3 Å². The van der Waals surface area contributed by atoms with Crippen molar-refractivity contribution in [3.63, 3.8) is 0 Å². The lowest BCUT2D eigenvalue weighted by Gasteiger charge is -2.39. The van der Waals surface area contributed by atoms with Crippen LogP contribution in [-0.2, 0) is 6.54 Å². The number of urea groups is 1. The molecular weight excluding hydrogens is 606 g/mol. The lowest BCUT2D eigenvalue weighted by Crippen LogP contribution is -2.56. The number of carbonyl (C=O) groups is 2. The second kappa shape index (κ2) is 11.2. The Morgan fingerprint density at radius 1 is 1.11 bits per heavy atom. The number of ether oxygens (including phenoxy) is 1. The van der Waals surface area contributed by atoms with E-state index in [1.807, 2.05) is 41.3 Å². The number of hydrogen-bond acceptors (Lipinski definition) is 6. The summed E-state index contributed by atoms with van der Waals surface area (Å²) in [5, 5.41) is 3.87. The molecule has 1 saturated carbocycles. The van der Waals surface area contributed by atoms with E-state index in [1.54, 1.807) is 13.2 Å². The number of fused-ring (bicyclic) bond motifs is 4. The van der Waals surface area contributed by atoms with E-state index in [-0.39, 0.29) is 43.2 Å². The maximum absolute atomic E-state index is 13.8. The van der Waals surface area contributed by atoms with Gasteiger partial charge in [-0.2, -0.15) is 0 Å². The van der Waals surface area contributed by atoms with Gasteiger partial charge in [-0.25, -0.2) is 23.5 Å². The number of aromatic nitrogens is 4. The first-order valence-corrected chi connectivity index (χ1v) is 16.6. The lowest BCUT2D eigenvalue weighted by atomic mass is 9.97. The molecule has 4 aromatic rings. The standard InChI is InChI=1S/C34H40F2N8O3/c1-17(38-34(46)41-15-22(16-41)31(35)36)25-8-6-20-10-27(42(32(20)39-25)14-19-4-5-19)30-18(2)43-28(40-30)11-21(12-29(43)47-3)33(45)44-23-7-9-26(44)24(37)13-23/h6,8,10-12,17,19,22-24,26,31H,4-5,7,9,13-16,37H2,1-3H3,(H,38,46)/t17-,23+,24-,26-/m1/s1. The summed E-state index contributed by atoms with van der Waals surface area (Å²) in [6.45, 7) is 4.75. The third-order valence-corrected chi connectivity index (χ3v) is 10.7. The Balaban J connectivity index is 1.13. The predicted molar refractivity (Wildman–Crippen MR) is 172 cm³/mol. The molecule has 0 radical (unpaired) electrons. The van der Waals surface area contributed by atoms with Gasteiger partial charge in [0.2, 0.25) is 6.43 Å².